The molecule has 0 bridgehead atoms. The fraction of sp³-hybridized carbons (Fsp3) is 0.571. The van der Waals surface area contributed by atoms with E-state index in [0.717, 1.165) is 31.5 Å². The van der Waals surface area contributed by atoms with Crippen molar-refractivity contribution >= 4 is 5.91 Å². The van der Waals surface area contributed by atoms with E-state index in [1.54, 1.807) is 6.20 Å². The number of amides is 1. The minimum absolute atomic E-state index is 0.0978. The van der Waals surface area contributed by atoms with Gasteiger partial charge in [-0.1, -0.05) is 0 Å². The van der Waals surface area contributed by atoms with E-state index in [1.807, 2.05) is 24.0 Å². The molecule has 18 heavy (non-hydrogen) atoms. The Morgan fingerprint density at radius 2 is 2.33 bits per heavy atom. The molecule has 1 aliphatic rings. The Morgan fingerprint density at radius 1 is 1.50 bits per heavy atom. The van der Waals surface area contributed by atoms with Crippen LogP contribution in [0, 0.1) is 6.92 Å². The summed E-state index contributed by atoms with van der Waals surface area (Å²) in [5.74, 6) is 0.0978. The molecule has 2 N–H and O–H groups in total. The summed E-state index contributed by atoms with van der Waals surface area (Å²) in [5, 5.41) is 0. The summed E-state index contributed by atoms with van der Waals surface area (Å²) >= 11 is 0. The first-order valence-corrected chi connectivity index (χ1v) is 6.66. The molecule has 1 aromatic heterocycles. The molecule has 0 saturated carbocycles. The van der Waals surface area contributed by atoms with Crippen molar-refractivity contribution in [2.75, 3.05) is 13.1 Å². The van der Waals surface area contributed by atoms with E-state index in [2.05, 4.69) is 4.98 Å². The summed E-state index contributed by atoms with van der Waals surface area (Å²) in [6.45, 7) is 3.41. The van der Waals surface area contributed by atoms with Gasteiger partial charge in [-0.2, -0.15) is 0 Å². The maximum Gasteiger partial charge on any atom is 0.255 e. The van der Waals surface area contributed by atoms with Crippen LogP contribution in [-0.4, -0.2) is 34.9 Å². The third-order valence-electron chi connectivity index (χ3n) is 3.55. The first-order valence-electron chi connectivity index (χ1n) is 6.66. The van der Waals surface area contributed by atoms with Crippen LogP contribution in [0.5, 0.6) is 0 Å². The molecular weight excluding hydrogens is 226 g/mol. The molecule has 4 heteroatoms. The second kappa shape index (κ2) is 5.96. The predicted octanol–water partition coefficient (Wildman–Crippen LogP) is 1.73. The zero-order chi connectivity index (χ0) is 13.0. The molecule has 0 aromatic carbocycles. The minimum atomic E-state index is 0.0978. The number of carbonyl (C=O) groups is 1. The molecular formula is C14H21N3O. The number of aromatic nitrogens is 1. The minimum Gasteiger partial charge on any atom is -0.336 e. The van der Waals surface area contributed by atoms with E-state index in [0.29, 0.717) is 18.2 Å². The van der Waals surface area contributed by atoms with Gasteiger partial charge in [0.1, 0.15) is 0 Å². The number of nitrogens with zero attached hydrogens (tertiary/aromatic N) is 2. The quantitative estimate of drug-likeness (QED) is 0.885. The number of aryl methyl sites for hydroxylation is 1. The highest BCUT2D eigenvalue weighted by Gasteiger charge is 2.26. The van der Waals surface area contributed by atoms with Crippen molar-refractivity contribution in [1.82, 2.24) is 9.88 Å². The highest BCUT2D eigenvalue weighted by Crippen LogP contribution is 2.21. The summed E-state index contributed by atoms with van der Waals surface area (Å²) < 4.78 is 0. The Bertz CT molecular complexity index is 400. The van der Waals surface area contributed by atoms with Crippen molar-refractivity contribution in [3.8, 4) is 0 Å². The first kappa shape index (κ1) is 13.0. The van der Waals surface area contributed by atoms with Gasteiger partial charge in [0.15, 0.2) is 0 Å². The third kappa shape index (κ3) is 2.88. The number of carbonyl (C=O) groups excluding carboxylic acids is 1. The van der Waals surface area contributed by atoms with Gasteiger partial charge in [-0.15, -0.1) is 0 Å². The van der Waals surface area contributed by atoms with Crippen LogP contribution in [0.2, 0.25) is 0 Å². The lowest BCUT2D eigenvalue weighted by Crippen LogP contribution is -2.44. The monoisotopic (exact) mass is 247 g/mol. The van der Waals surface area contributed by atoms with Crippen LogP contribution in [-0.2, 0) is 0 Å². The third-order valence-corrected chi connectivity index (χ3v) is 3.55. The summed E-state index contributed by atoms with van der Waals surface area (Å²) in [6, 6.07) is 4.05. The van der Waals surface area contributed by atoms with Crippen molar-refractivity contribution in [1.29, 1.82) is 0 Å². The number of hydrogen-bond acceptors (Lipinski definition) is 3. The van der Waals surface area contributed by atoms with Crippen molar-refractivity contribution < 1.29 is 4.79 Å². The number of rotatable bonds is 3. The van der Waals surface area contributed by atoms with Crippen molar-refractivity contribution in [2.24, 2.45) is 5.73 Å². The molecule has 4 nitrogen and oxygen atoms in total. The Balaban J connectivity index is 2.12. The van der Waals surface area contributed by atoms with Gasteiger partial charge in [-0.3, -0.25) is 9.78 Å². The van der Waals surface area contributed by atoms with Crippen LogP contribution in [0.4, 0.5) is 0 Å². The Labute approximate surface area is 108 Å². The van der Waals surface area contributed by atoms with Crippen molar-refractivity contribution in [3.63, 3.8) is 0 Å². The van der Waals surface area contributed by atoms with Gasteiger partial charge >= 0.3 is 0 Å². The van der Waals surface area contributed by atoms with Crippen LogP contribution in [0.3, 0.4) is 0 Å². The van der Waals surface area contributed by atoms with Gasteiger partial charge < -0.3 is 10.6 Å². The molecule has 2 rings (SSSR count). The van der Waals surface area contributed by atoms with Crippen LogP contribution < -0.4 is 5.73 Å². The van der Waals surface area contributed by atoms with Gasteiger partial charge in [0.05, 0.1) is 5.56 Å². The lowest BCUT2D eigenvalue weighted by atomic mass is 9.98. The zero-order valence-electron chi connectivity index (χ0n) is 10.9. The molecule has 1 amide bonds. The summed E-state index contributed by atoms with van der Waals surface area (Å²) in [7, 11) is 0. The molecule has 0 radical (unpaired) electrons. The van der Waals surface area contributed by atoms with Crippen molar-refractivity contribution in [2.45, 2.75) is 38.6 Å². The number of likely N-dealkylation sites (tertiary alicyclic amines) is 1. The van der Waals surface area contributed by atoms with Crippen LogP contribution in [0.25, 0.3) is 0 Å². The molecule has 1 aliphatic heterocycles. The molecule has 1 aromatic rings. The maximum absolute atomic E-state index is 12.4. The average molecular weight is 247 g/mol. The van der Waals surface area contributed by atoms with Crippen molar-refractivity contribution in [3.05, 3.63) is 29.6 Å². The standard InChI is InChI=1S/C14H21N3O/c1-11-5-6-12(10-16-11)14(18)17-9-3-2-4-13(17)7-8-15/h5-6,10,13H,2-4,7-9,15H2,1H3/t13-/m1/s1. The van der Waals surface area contributed by atoms with Crippen LogP contribution >= 0.6 is 0 Å². The van der Waals surface area contributed by atoms with E-state index in [1.165, 1.54) is 6.42 Å². The molecule has 98 valence electrons. The SMILES string of the molecule is Cc1ccc(C(=O)N2CCCC[C@@H]2CCN)cn1. The number of pyridine rings is 1. The largest absolute Gasteiger partial charge is 0.336 e. The zero-order valence-corrected chi connectivity index (χ0v) is 10.9. The van der Waals surface area contributed by atoms with E-state index >= 15 is 0 Å². The number of piperidine rings is 1. The molecule has 0 spiro atoms. The summed E-state index contributed by atoms with van der Waals surface area (Å²) in [4.78, 5) is 18.6. The van der Waals surface area contributed by atoms with E-state index in [-0.39, 0.29) is 5.91 Å². The Morgan fingerprint density at radius 3 is 3.00 bits per heavy atom. The molecule has 1 fully saturated rings. The van der Waals surface area contributed by atoms with E-state index in [4.69, 9.17) is 5.73 Å². The average Bonchev–Trinajstić information content (AvgIpc) is 2.40. The van der Waals surface area contributed by atoms with Crippen LogP contribution in [0.15, 0.2) is 18.3 Å². The highest BCUT2D eigenvalue weighted by atomic mass is 16.2. The topological polar surface area (TPSA) is 59.2 Å². The smallest absolute Gasteiger partial charge is 0.255 e. The van der Waals surface area contributed by atoms with Gasteiger partial charge in [-0.05, 0) is 51.3 Å². The lowest BCUT2D eigenvalue weighted by Gasteiger charge is -2.35. The van der Waals surface area contributed by atoms with Gasteiger partial charge in [0.25, 0.3) is 5.91 Å². The lowest BCUT2D eigenvalue weighted by molar-refractivity contribution is 0.0604. The molecule has 1 saturated heterocycles. The first-order chi connectivity index (χ1) is 8.72. The highest BCUT2D eigenvalue weighted by molar-refractivity contribution is 5.94. The van der Waals surface area contributed by atoms with Gasteiger partial charge in [0.2, 0.25) is 0 Å². The fourth-order valence-electron chi connectivity index (χ4n) is 2.52. The predicted molar refractivity (Wildman–Crippen MR) is 71.3 cm³/mol. The Kier molecular flexibility index (Phi) is 4.31. The maximum atomic E-state index is 12.4. The Hall–Kier alpha value is -1.42. The number of hydrogen-bond donors (Lipinski definition) is 1. The molecule has 0 aliphatic carbocycles. The fourth-order valence-corrected chi connectivity index (χ4v) is 2.52. The van der Waals surface area contributed by atoms with Gasteiger partial charge in [0, 0.05) is 24.5 Å². The van der Waals surface area contributed by atoms with E-state index < -0.39 is 0 Å². The molecule has 1 atom stereocenters. The molecule has 0 unspecified atom stereocenters. The van der Waals surface area contributed by atoms with Crippen LogP contribution in [0.1, 0.15) is 41.7 Å². The van der Waals surface area contributed by atoms with Gasteiger partial charge in [-0.25, -0.2) is 0 Å². The number of nitrogens with two attached hydrogens (primary N) is 1. The summed E-state index contributed by atoms with van der Waals surface area (Å²) in [6.07, 6.45) is 5.92. The summed E-state index contributed by atoms with van der Waals surface area (Å²) in [5.41, 5.74) is 7.25. The second-order valence-corrected chi connectivity index (χ2v) is 4.91. The normalized spacial score (nSPS) is 19.9. The van der Waals surface area contributed by atoms with E-state index in [9.17, 15) is 4.79 Å². The second-order valence-electron chi connectivity index (χ2n) is 4.91. The molecule has 2 heterocycles.